The molecule has 0 aliphatic rings. The summed E-state index contributed by atoms with van der Waals surface area (Å²) in [6.07, 6.45) is 15.6. The SMILES string of the molecule is Cc1ccc(-c2ccc(-c3c(C)ccc4c3oc3ncccc34)[n+](C)c2)cc1.Cc1ccc2c(oc3ncccc32)c1-c1c(-c2ccccc2)ccc[n+]1C.Cc1ccc2c(oc3ncccc32)c1-c1cc(-c2ccccc2)cc[n+]1C.Cc1ccc2c(oc3ncccc32)c1-c1ccc(-c2ccccc2)c[n+]1C. The van der Waals surface area contributed by atoms with E-state index in [0.29, 0.717) is 22.9 Å². The van der Waals surface area contributed by atoms with Crippen LogP contribution in [-0.4, -0.2) is 19.9 Å². The summed E-state index contributed by atoms with van der Waals surface area (Å²) in [6.45, 7) is 10.6. The Hall–Kier alpha value is -13.8. The molecule has 109 heavy (non-hydrogen) atoms. The van der Waals surface area contributed by atoms with Crippen LogP contribution in [-0.2, 0) is 28.2 Å². The van der Waals surface area contributed by atoms with Gasteiger partial charge in [0, 0.05) is 109 Å². The first-order valence-electron chi connectivity index (χ1n) is 36.6. The highest BCUT2D eigenvalue weighted by molar-refractivity contribution is 6.12. The van der Waals surface area contributed by atoms with Crippen LogP contribution in [0.2, 0.25) is 0 Å². The maximum Gasteiger partial charge on any atom is 0.227 e. The number of aryl methyl sites for hydroxylation is 9. The Morgan fingerprint density at radius 3 is 1.02 bits per heavy atom. The van der Waals surface area contributed by atoms with Crippen LogP contribution in [0.5, 0.6) is 0 Å². The van der Waals surface area contributed by atoms with Crippen LogP contribution >= 0.6 is 0 Å². The van der Waals surface area contributed by atoms with Crippen molar-refractivity contribution in [3.63, 3.8) is 0 Å². The number of aromatic nitrogens is 8. The van der Waals surface area contributed by atoms with Gasteiger partial charge >= 0.3 is 0 Å². The van der Waals surface area contributed by atoms with Gasteiger partial charge in [-0.25, -0.2) is 38.2 Å². The van der Waals surface area contributed by atoms with Crippen molar-refractivity contribution < 1.29 is 35.9 Å². The second kappa shape index (κ2) is 28.9. The standard InChI is InChI=1S/C25H21N2O.3C24H19N2O/c1-16-6-9-18(10-7-16)19-11-13-22(27(3)15-19)23-17(2)8-12-20-21-5-4-14-26-25(21)28-24(20)23;1-16-12-13-19-20-10-6-14-25-24(20)27-23(19)21(16)22-18(11-7-15-26(22)2)17-8-4-3-5-9-17;1-16-10-12-19-20-9-6-14-25-24(20)27-23(19)22(16)21-13-11-18(15-26(21)2)17-7-4-3-5-8-17;1-16-10-11-19-20-9-6-13-25-24(20)27-23(19)22(16)21-15-18(12-14-26(21)2)17-7-4-3-5-8-17/h4-15H,1-3H3;3*3-15H,1-2H3/q4*+1. The maximum absolute atomic E-state index is 6.24. The molecule has 0 fully saturated rings. The molecule has 20 aromatic rings. The van der Waals surface area contributed by atoms with Crippen molar-refractivity contribution in [2.45, 2.75) is 34.6 Å². The van der Waals surface area contributed by atoms with Gasteiger partial charge in [-0.05, 0) is 151 Å². The normalized spacial score (nSPS) is 11.3. The monoisotopic (exact) mass is 1420 g/mol. The van der Waals surface area contributed by atoms with Crippen LogP contribution in [0.25, 0.3) is 178 Å². The van der Waals surface area contributed by atoms with Crippen molar-refractivity contribution in [2.75, 3.05) is 0 Å². The summed E-state index contributed by atoms with van der Waals surface area (Å²) >= 11 is 0. The molecule has 0 bridgehead atoms. The Labute approximate surface area is 631 Å². The summed E-state index contributed by atoms with van der Waals surface area (Å²) < 4.78 is 33.4. The van der Waals surface area contributed by atoms with E-state index in [-0.39, 0.29) is 0 Å². The van der Waals surface area contributed by atoms with Crippen molar-refractivity contribution in [1.82, 2.24) is 19.9 Å². The van der Waals surface area contributed by atoms with E-state index in [1.807, 2.05) is 42.5 Å². The lowest BCUT2D eigenvalue weighted by atomic mass is 9.94. The zero-order chi connectivity index (χ0) is 74.4. The minimum absolute atomic E-state index is 0.680. The first-order chi connectivity index (χ1) is 53.3. The molecule has 20 rings (SSSR count). The van der Waals surface area contributed by atoms with Crippen LogP contribution in [0.3, 0.4) is 0 Å². The lowest BCUT2D eigenvalue weighted by Gasteiger charge is -2.10. The number of rotatable bonds is 8. The molecule has 12 nitrogen and oxygen atoms in total. The summed E-state index contributed by atoms with van der Waals surface area (Å²) in [5.74, 6) is 0. The maximum atomic E-state index is 6.24. The highest BCUT2D eigenvalue weighted by Gasteiger charge is 2.28. The lowest BCUT2D eigenvalue weighted by Crippen LogP contribution is -2.31. The van der Waals surface area contributed by atoms with E-state index in [2.05, 4.69) is 344 Å². The van der Waals surface area contributed by atoms with E-state index in [1.54, 1.807) is 24.8 Å². The second-order valence-electron chi connectivity index (χ2n) is 28.0. The predicted molar refractivity (Wildman–Crippen MR) is 438 cm³/mol. The van der Waals surface area contributed by atoms with Gasteiger partial charge in [0.2, 0.25) is 45.6 Å². The number of hydrogen-bond acceptors (Lipinski definition) is 8. The van der Waals surface area contributed by atoms with E-state index in [4.69, 9.17) is 17.7 Å². The van der Waals surface area contributed by atoms with Gasteiger partial charge in [0.15, 0.2) is 47.1 Å². The van der Waals surface area contributed by atoms with E-state index >= 15 is 0 Å². The summed E-state index contributed by atoms with van der Waals surface area (Å²) in [5, 5.41) is 8.61. The van der Waals surface area contributed by atoms with Gasteiger partial charge in [0.1, 0.15) is 28.2 Å². The van der Waals surface area contributed by atoms with Crippen LogP contribution in [0.1, 0.15) is 27.8 Å². The zero-order valence-corrected chi connectivity index (χ0v) is 62.2. The average Bonchev–Trinajstić information content (AvgIpc) is 1.65. The summed E-state index contributed by atoms with van der Waals surface area (Å²) in [4.78, 5) is 17.6. The third-order valence-corrected chi connectivity index (χ3v) is 20.8. The molecule has 0 unspecified atom stereocenters. The Bertz CT molecular complexity index is 6840. The van der Waals surface area contributed by atoms with Gasteiger partial charge in [0.25, 0.3) is 0 Å². The number of furan rings is 4. The van der Waals surface area contributed by atoms with E-state index < -0.39 is 0 Å². The summed E-state index contributed by atoms with van der Waals surface area (Å²) in [6, 6.07) is 90.6. The molecule has 0 radical (unpaired) electrons. The smallest absolute Gasteiger partial charge is 0.227 e. The molecule has 0 spiro atoms. The van der Waals surface area contributed by atoms with Crippen molar-refractivity contribution >= 4 is 88.3 Å². The number of fused-ring (bicyclic) bond motifs is 12. The van der Waals surface area contributed by atoms with Gasteiger partial charge < -0.3 is 17.7 Å². The molecule has 0 saturated heterocycles. The molecule has 0 amide bonds. The summed E-state index contributed by atoms with van der Waals surface area (Å²) in [7, 11) is 8.33. The fraction of sp³-hybridized carbons (Fsp3) is 0.0928. The van der Waals surface area contributed by atoms with E-state index in [0.717, 1.165) is 110 Å². The summed E-state index contributed by atoms with van der Waals surface area (Å²) in [5.41, 5.74) is 30.9. The molecule has 12 heteroatoms. The third-order valence-electron chi connectivity index (χ3n) is 20.8. The Morgan fingerprint density at radius 2 is 0.606 bits per heavy atom. The van der Waals surface area contributed by atoms with Crippen LogP contribution < -0.4 is 18.3 Å². The quantitative estimate of drug-likeness (QED) is 0.138. The second-order valence-corrected chi connectivity index (χ2v) is 28.0. The zero-order valence-electron chi connectivity index (χ0n) is 62.2. The Morgan fingerprint density at radius 1 is 0.248 bits per heavy atom. The molecule has 12 aromatic heterocycles. The number of benzene rings is 8. The fourth-order valence-electron chi connectivity index (χ4n) is 15.2. The molecule has 8 aromatic carbocycles. The van der Waals surface area contributed by atoms with E-state index in [9.17, 15) is 0 Å². The predicted octanol–water partition coefficient (Wildman–Crippen LogP) is 22.1. The van der Waals surface area contributed by atoms with Crippen molar-refractivity contribution in [1.29, 1.82) is 0 Å². The number of hydrogen-bond donors (Lipinski definition) is 0. The topological polar surface area (TPSA) is 120 Å². The van der Waals surface area contributed by atoms with Gasteiger partial charge in [-0.3, -0.25) is 0 Å². The largest absolute Gasteiger partial charge is 0.437 e. The van der Waals surface area contributed by atoms with Gasteiger partial charge in [-0.1, -0.05) is 169 Å². The highest BCUT2D eigenvalue weighted by Crippen LogP contribution is 2.43. The first-order valence-corrected chi connectivity index (χ1v) is 36.6. The highest BCUT2D eigenvalue weighted by atomic mass is 16.4. The minimum atomic E-state index is 0.680. The van der Waals surface area contributed by atoms with Gasteiger partial charge in [0.05, 0.1) is 27.8 Å². The molecule has 0 aliphatic heterocycles. The van der Waals surface area contributed by atoms with Crippen LogP contribution in [0.4, 0.5) is 0 Å². The number of pyridine rings is 8. The average molecular weight is 1420 g/mol. The van der Waals surface area contributed by atoms with Crippen molar-refractivity contribution in [3.05, 3.63) is 338 Å². The lowest BCUT2D eigenvalue weighted by molar-refractivity contribution is -0.660. The molecule has 0 N–H and O–H groups in total. The Balaban J connectivity index is 0.000000106. The van der Waals surface area contributed by atoms with Crippen molar-refractivity contribution in [3.8, 4) is 89.5 Å². The fourth-order valence-corrected chi connectivity index (χ4v) is 15.2. The van der Waals surface area contributed by atoms with Crippen molar-refractivity contribution in [2.24, 2.45) is 28.2 Å². The molecular formula is C97H78N8O4+4. The third kappa shape index (κ3) is 12.9. The van der Waals surface area contributed by atoms with Gasteiger partial charge in [-0.2, -0.15) is 0 Å². The molecule has 12 heterocycles. The van der Waals surface area contributed by atoms with Crippen LogP contribution in [0.15, 0.2) is 328 Å². The van der Waals surface area contributed by atoms with Gasteiger partial charge in [-0.15, -0.1) is 0 Å². The van der Waals surface area contributed by atoms with Crippen LogP contribution in [0, 0.1) is 34.6 Å². The van der Waals surface area contributed by atoms with E-state index in [1.165, 1.54) is 72.3 Å². The molecule has 0 atom stereocenters. The first kappa shape index (κ1) is 68.3. The molecule has 0 aliphatic carbocycles. The number of nitrogens with zero attached hydrogens (tertiary/aromatic N) is 8. The Kier molecular flexibility index (Phi) is 18.1. The minimum Gasteiger partial charge on any atom is -0.437 e. The molecular weight excluding hydrogens is 1340 g/mol. The molecule has 0 saturated carbocycles. The molecule has 526 valence electrons.